The third kappa shape index (κ3) is 2.78. The fraction of sp³-hybridized carbons (Fsp3) is 0.200. The van der Waals surface area contributed by atoms with Crippen LogP contribution in [0.5, 0.6) is 17.2 Å². The lowest BCUT2D eigenvalue weighted by atomic mass is 10.1. The van der Waals surface area contributed by atoms with Crippen LogP contribution < -0.4 is 4.74 Å². The largest absolute Gasteiger partial charge is 0.504 e. The van der Waals surface area contributed by atoms with Crippen LogP contribution >= 0.6 is 0 Å². The van der Waals surface area contributed by atoms with Gasteiger partial charge in [0, 0.05) is 0 Å². The fourth-order valence-corrected chi connectivity index (χ4v) is 1.60. The molecule has 0 saturated carbocycles. The number of rotatable bonds is 3. The van der Waals surface area contributed by atoms with E-state index in [1.54, 1.807) is 12.1 Å². The van der Waals surface area contributed by atoms with Gasteiger partial charge in [0.25, 0.3) is 0 Å². The van der Waals surface area contributed by atoms with Crippen LogP contribution in [0.25, 0.3) is 0 Å². The lowest BCUT2D eigenvalue weighted by Gasteiger charge is -2.08. The van der Waals surface area contributed by atoms with Gasteiger partial charge in [-0.05, 0) is 43.2 Å². The van der Waals surface area contributed by atoms with Crippen LogP contribution in [0.15, 0.2) is 42.5 Å². The van der Waals surface area contributed by atoms with Crippen LogP contribution in [0.3, 0.4) is 0 Å². The van der Waals surface area contributed by atoms with Crippen molar-refractivity contribution in [2.45, 2.75) is 20.3 Å². The van der Waals surface area contributed by atoms with Crippen molar-refractivity contribution in [2.75, 3.05) is 0 Å². The van der Waals surface area contributed by atoms with E-state index >= 15 is 0 Å². The van der Waals surface area contributed by atoms with Crippen LogP contribution in [-0.4, -0.2) is 5.11 Å². The van der Waals surface area contributed by atoms with Crippen LogP contribution in [0.1, 0.15) is 18.1 Å². The zero-order valence-electron chi connectivity index (χ0n) is 10.1. The molecule has 0 unspecified atom stereocenters. The number of aromatic hydroxyl groups is 1. The minimum atomic E-state index is 0.185. The molecule has 88 valence electrons. The molecule has 0 aliphatic heterocycles. The predicted octanol–water partition coefficient (Wildman–Crippen LogP) is 4.06. The van der Waals surface area contributed by atoms with E-state index in [9.17, 15) is 5.11 Å². The fourth-order valence-electron chi connectivity index (χ4n) is 1.60. The maximum absolute atomic E-state index is 9.81. The van der Waals surface area contributed by atoms with Crippen molar-refractivity contribution in [2.24, 2.45) is 0 Å². The van der Waals surface area contributed by atoms with Gasteiger partial charge in [-0.1, -0.05) is 30.7 Å². The zero-order chi connectivity index (χ0) is 12.3. The van der Waals surface area contributed by atoms with Crippen molar-refractivity contribution in [1.82, 2.24) is 0 Å². The van der Waals surface area contributed by atoms with Crippen molar-refractivity contribution in [3.63, 3.8) is 0 Å². The molecule has 0 spiro atoms. The first-order valence-electron chi connectivity index (χ1n) is 5.75. The van der Waals surface area contributed by atoms with Crippen LogP contribution in [0, 0.1) is 6.92 Å². The van der Waals surface area contributed by atoms with Gasteiger partial charge in [-0.3, -0.25) is 0 Å². The second kappa shape index (κ2) is 4.91. The summed E-state index contributed by atoms with van der Waals surface area (Å²) >= 11 is 0. The van der Waals surface area contributed by atoms with Crippen LogP contribution in [0.2, 0.25) is 0 Å². The predicted molar refractivity (Wildman–Crippen MR) is 68.7 cm³/mol. The minimum Gasteiger partial charge on any atom is -0.504 e. The summed E-state index contributed by atoms with van der Waals surface area (Å²) in [5.74, 6) is 1.41. The number of benzene rings is 2. The van der Waals surface area contributed by atoms with E-state index in [2.05, 4.69) is 6.92 Å². The summed E-state index contributed by atoms with van der Waals surface area (Å²) in [4.78, 5) is 0. The van der Waals surface area contributed by atoms with Gasteiger partial charge in [0.05, 0.1) is 0 Å². The lowest BCUT2D eigenvalue weighted by Crippen LogP contribution is -1.87. The number of aryl methyl sites for hydroxylation is 2. The Balaban J connectivity index is 2.21. The first-order valence-corrected chi connectivity index (χ1v) is 5.75. The summed E-state index contributed by atoms with van der Waals surface area (Å²) in [6.07, 6.45) is 0.901. The summed E-state index contributed by atoms with van der Waals surface area (Å²) in [5.41, 5.74) is 2.28. The molecule has 17 heavy (non-hydrogen) atoms. The first-order chi connectivity index (χ1) is 8.19. The Bertz CT molecular complexity index is 501. The summed E-state index contributed by atoms with van der Waals surface area (Å²) in [5, 5.41) is 9.81. The lowest BCUT2D eigenvalue weighted by molar-refractivity contribution is 0.410. The van der Waals surface area contributed by atoms with E-state index in [4.69, 9.17) is 4.74 Å². The van der Waals surface area contributed by atoms with Gasteiger partial charge in [0.15, 0.2) is 11.5 Å². The van der Waals surface area contributed by atoms with Crippen molar-refractivity contribution < 1.29 is 9.84 Å². The molecule has 2 aromatic carbocycles. The van der Waals surface area contributed by atoms with E-state index in [1.165, 1.54) is 5.56 Å². The Morgan fingerprint density at radius 1 is 1.06 bits per heavy atom. The average Bonchev–Trinajstić information content (AvgIpc) is 2.34. The maximum atomic E-state index is 9.81. The van der Waals surface area contributed by atoms with Gasteiger partial charge in [-0.2, -0.15) is 0 Å². The Morgan fingerprint density at radius 3 is 2.35 bits per heavy atom. The quantitative estimate of drug-likeness (QED) is 0.858. The molecule has 0 bridgehead atoms. The standard InChI is InChI=1S/C15H16O2/c1-3-12-6-9-15(14(16)10-12)17-13-7-4-11(2)5-8-13/h4-10,16H,3H2,1-2H3. The summed E-state index contributed by atoms with van der Waals surface area (Å²) in [7, 11) is 0. The monoisotopic (exact) mass is 228 g/mol. The third-order valence-corrected chi connectivity index (χ3v) is 2.68. The first kappa shape index (κ1) is 11.5. The van der Waals surface area contributed by atoms with Crippen molar-refractivity contribution in [3.05, 3.63) is 53.6 Å². The number of phenols is 1. The Morgan fingerprint density at radius 2 is 1.76 bits per heavy atom. The Labute approximate surface area is 101 Å². The smallest absolute Gasteiger partial charge is 0.169 e. The molecular weight excluding hydrogens is 212 g/mol. The minimum absolute atomic E-state index is 0.185. The molecule has 0 amide bonds. The number of phenolic OH excluding ortho intramolecular Hbond substituents is 1. The molecule has 0 fully saturated rings. The Kier molecular flexibility index (Phi) is 3.33. The van der Waals surface area contributed by atoms with E-state index < -0.39 is 0 Å². The Hall–Kier alpha value is -1.96. The molecule has 2 nitrogen and oxygen atoms in total. The highest BCUT2D eigenvalue weighted by atomic mass is 16.5. The van der Waals surface area contributed by atoms with E-state index in [-0.39, 0.29) is 5.75 Å². The zero-order valence-corrected chi connectivity index (χ0v) is 10.1. The third-order valence-electron chi connectivity index (χ3n) is 2.68. The molecule has 0 heterocycles. The normalized spacial score (nSPS) is 10.2. The van der Waals surface area contributed by atoms with Gasteiger partial charge in [0.2, 0.25) is 0 Å². The van der Waals surface area contributed by atoms with E-state index in [0.29, 0.717) is 5.75 Å². The molecule has 0 radical (unpaired) electrons. The number of hydrogen-bond acceptors (Lipinski definition) is 2. The second-order valence-corrected chi connectivity index (χ2v) is 4.07. The highest BCUT2D eigenvalue weighted by Gasteiger charge is 2.04. The molecule has 0 atom stereocenters. The summed E-state index contributed by atoms with van der Waals surface area (Å²) < 4.78 is 5.61. The van der Waals surface area contributed by atoms with Crippen molar-refractivity contribution in [3.8, 4) is 17.2 Å². The second-order valence-electron chi connectivity index (χ2n) is 4.07. The SMILES string of the molecule is CCc1ccc(Oc2ccc(C)cc2)c(O)c1. The van der Waals surface area contributed by atoms with Gasteiger partial charge < -0.3 is 9.84 Å². The number of ether oxygens (including phenoxy) is 1. The molecule has 1 N–H and O–H groups in total. The molecule has 2 heteroatoms. The van der Waals surface area contributed by atoms with Gasteiger partial charge in [-0.25, -0.2) is 0 Å². The highest BCUT2D eigenvalue weighted by molar-refractivity contribution is 5.44. The van der Waals surface area contributed by atoms with Gasteiger partial charge in [-0.15, -0.1) is 0 Å². The van der Waals surface area contributed by atoms with Crippen LogP contribution in [-0.2, 0) is 6.42 Å². The maximum Gasteiger partial charge on any atom is 0.169 e. The molecule has 2 rings (SSSR count). The summed E-state index contributed by atoms with van der Waals surface area (Å²) in [6, 6.07) is 13.2. The topological polar surface area (TPSA) is 29.5 Å². The van der Waals surface area contributed by atoms with Gasteiger partial charge in [0.1, 0.15) is 5.75 Å². The van der Waals surface area contributed by atoms with E-state index in [0.717, 1.165) is 17.7 Å². The van der Waals surface area contributed by atoms with Crippen LogP contribution in [0.4, 0.5) is 0 Å². The van der Waals surface area contributed by atoms with Crippen molar-refractivity contribution in [1.29, 1.82) is 0 Å². The molecule has 0 aromatic heterocycles. The molecule has 0 saturated heterocycles. The van der Waals surface area contributed by atoms with E-state index in [1.807, 2.05) is 37.3 Å². The molecular formula is C15H16O2. The molecule has 0 aliphatic rings. The summed E-state index contributed by atoms with van der Waals surface area (Å²) in [6.45, 7) is 4.08. The molecule has 0 aliphatic carbocycles. The number of hydrogen-bond donors (Lipinski definition) is 1. The highest BCUT2D eigenvalue weighted by Crippen LogP contribution is 2.31. The van der Waals surface area contributed by atoms with Gasteiger partial charge >= 0.3 is 0 Å². The van der Waals surface area contributed by atoms with Crippen molar-refractivity contribution >= 4 is 0 Å². The molecule has 2 aromatic rings. The average molecular weight is 228 g/mol.